The molecule has 0 bridgehead atoms. The summed E-state index contributed by atoms with van der Waals surface area (Å²) >= 11 is 0. The average molecular weight is 878 g/mol. The van der Waals surface area contributed by atoms with Crippen molar-refractivity contribution in [3.63, 3.8) is 0 Å². The molecule has 2 unspecified atom stereocenters. The summed E-state index contributed by atoms with van der Waals surface area (Å²) in [7, 11) is 0. The Morgan fingerprint density at radius 2 is 1.05 bits per heavy atom. The van der Waals surface area contributed by atoms with E-state index < -0.39 is 11.7 Å². The maximum absolute atomic E-state index is 13.9. The number of unbranched alkanes of at least 4 members (excludes halogenated alkanes) is 23. The van der Waals surface area contributed by atoms with Crippen molar-refractivity contribution in [2.75, 3.05) is 32.9 Å². The second-order valence-corrected chi connectivity index (χ2v) is 19.0. The van der Waals surface area contributed by atoms with Gasteiger partial charge in [-0.2, -0.15) is 0 Å². The van der Waals surface area contributed by atoms with Crippen LogP contribution in [0.5, 0.6) is 0 Å². The Morgan fingerprint density at radius 1 is 0.556 bits per heavy atom. The normalized spacial score (nSPS) is 12.6. The summed E-state index contributed by atoms with van der Waals surface area (Å²) in [4.78, 5) is 26.0. The zero-order valence-electron chi connectivity index (χ0n) is 41.2. The molecule has 0 heterocycles. The largest absolute Gasteiger partial charge is 0.444 e. The monoisotopic (exact) mass is 878 g/mol. The topological polar surface area (TPSA) is 97.9 Å². The second-order valence-electron chi connectivity index (χ2n) is 19.0. The zero-order valence-corrected chi connectivity index (χ0v) is 41.2. The van der Waals surface area contributed by atoms with Gasteiger partial charge in [-0.15, -0.1) is 0 Å². The summed E-state index contributed by atoms with van der Waals surface area (Å²) in [6.07, 6.45) is 33.1. The van der Waals surface area contributed by atoms with Crippen LogP contribution in [-0.2, 0) is 25.5 Å². The van der Waals surface area contributed by atoms with Gasteiger partial charge in [-0.3, -0.25) is 4.79 Å². The molecule has 0 aliphatic heterocycles. The van der Waals surface area contributed by atoms with Crippen LogP contribution in [0.2, 0.25) is 0 Å². The summed E-state index contributed by atoms with van der Waals surface area (Å²) in [5.74, 6) is -0.0315. The van der Waals surface area contributed by atoms with Gasteiger partial charge in [0, 0.05) is 32.8 Å². The Labute approximate surface area is 386 Å². The number of rotatable bonds is 41. The molecule has 0 aliphatic carbocycles. The third-order valence-corrected chi connectivity index (χ3v) is 11.8. The molecule has 2 amide bonds. The number of hydrogen-bond donors (Lipinski definition) is 3. The van der Waals surface area contributed by atoms with Gasteiger partial charge in [0.2, 0.25) is 5.91 Å². The van der Waals surface area contributed by atoms with E-state index in [1.54, 1.807) is 0 Å². The van der Waals surface area contributed by atoms with E-state index in [1.807, 2.05) is 26.8 Å². The molecule has 2 aromatic rings. The maximum Gasteiger partial charge on any atom is 0.407 e. The fourth-order valence-electron chi connectivity index (χ4n) is 7.95. The van der Waals surface area contributed by atoms with Crippen molar-refractivity contribution in [3.8, 4) is 11.1 Å². The molecule has 0 aromatic heterocycles. The summed E-state index contributed by atoms with van der Waals surface area (Å²) < 4.78 is 18.0. The Balaban J connectivity index is 1.87. The molecule has 8 heteroatoms. The van der Waals surface area contributed by atoms with Crippen LogP contribution in [0.25, 0.3) is 11.1 Å². The van der Waals surface area contributed by atoms with Crippen LogP contribution in [0.4, 0.5) is 4.79 Å². The Morgan fingerprint density at radius 3 is 1.57 bits per heavy atom. The van der Waals surface area contributed by atoms with Gasteiger partial charge in [0.25, 0.3) is 0 Å². The molecular formula is C55H95N3O5. The number of amides is 2. The molecule has 0 radical (unpaired) electrons. The first-order chi connectivity index (χ1) is 30.7. The van der Waals surface area contributed by atoms with Gasteiger partial charge in [-0.25, -0.2) is 4.79 Å². The van der Waals surface area contributed by atoms with E-state index in [9.17, 15) is 9.59 Å². The second kappa shape index (κ2) is 38.3. The Bertz CT molecular complexity index is 1350. The molecule has 0 fully saturated rings. The number of alkyl carbamates (subject to hydrolysis) is 1. The highest BCUT2D eigenvalue weighted by atomic mass is 16.6. The van der Waals surface area contributed by atoms with E-state index in [0.29, 0.717) is 39.3 Å². The van der Waals surface area contributed by atoms with Gasteiger partial charge in [-0.1, -0.05) is 210 Å². The van der Waals surface area contributed by atoms with Gasteiger partial charge >= 0.3 is 6.09 Å². The minimum atomic E-state index is -0.539. The van der Waals surface area contributed by atoms with E-state index in [2.05, 4.69) is 78.3 Å². The van der Waals surface area contributed by atoms with E-state index in [4.69, 9.17) is 14.2 Å². The van der Waals surface area contributed by atoms with Gasteiger partial charge in [0.05, 0.1) is 18.8 Å². The minimum absolute atomic E-state index is 0.0315. The summed E-state index contributed by atoms with van der Waals surface area (Å²) in [6, 6.07) is 18.5. The third-order valence-electron chi connectivity index (χ3n) is 11.8. The number of carbonyl (C=O) groups excluding carboxylic acids is 2. The highest BCUT2D eigenvalue weighted by molar-refractivity contribution is 5.81. The molecule has 0 saturated carbocycles. The Hall–Kier alpha value is -2.94. The summed E-state index contributed by atoms with van der Waals surface area (Å²) in [5.41, 5.74) is 2.93. The third kappa shape index (κ3) is 32.4. The first kappa shape index (κ1) is 56.2. The Kier molecular flexibility index (Phi) is 34.2. The van der Waals surface area contributed by atoms with Gasteiger partial charge in [0.1, 0.15) is 5.60 Å². The van der Waals surface area contributed by atoms with E-state index in [1.165, 1.54) is 152 Å². The average Bonchev–Trinajstić information content (AvgIpc) is 3.27. The molecule has 8 nitrogen and oxygen atoms in total. The standard InChI is InChI=1S/C55H95N3O5/c1-6-8-10-12-14-16-18-20-22-24-26-33-43-61-47-51(62-44-34-27-25-23-21-19-17-15-13-11-9-7-2)46-58-53(59)52(37-31-32-42-56-54(60)63-55(3,4)5)57-45-48-38-40-50(41-39-48)49-35-29-28-30-36-49/h28-30,35-36,38-41,51-52,57H,6-27,31-34,37,42-47H2,1-5H3,(H,56,60)(H,58,59). The molecule has 63 heavy (non-hydrogen) atoms. The fourth-order valence-corrected chi connectivity index (χ4v) is 7.95. The van der Waals surface area contributed by atoms with Crippen LogP contribution < -0.4 is 16.0 Å². The predicted octanol–water partition coefficient (Wildman–Crippen LogP) is 14.4. The molecule has 2 aromatic carbocycles. The van der Waals surface area contributed by atoms with Crippen molar-refractivity contribution in [2.24, 2.45) is 0 Å². The van der Waals surface area contributed by atoms with Crippen molar-refractivity contribution in [1.82, 2.24) is 16.0 Å². The lowest BCUT2D eigenvalue weighted by Gasteiger charge is -2.23. The van der Waals surface area contributed by atoms with Crippen molar-refractivity contribution in [2.45, 2.75) is 232 Å². The molecule has 2 rings (SSSR count). The van der Waals surface area contributed by atoms with Crippen LogP contribution in [0.1, 0.15) is 214 Å². The van der Waals surface area contributed by atoms with E-state index in [0.717, 1.165) is 37.9 Å². The van der Waals surface area contributed by atoms with Crippen LogP contribution in [0.3, 0.4) is 0 Å². The smallest absolute Gasteiger partial charge is 0.407 e. The predicted molar refractivity (Wildman–Crippen MR) is 266 cm³/mol. The molecular weight excluding hydrogens is 783 g/mol. The molecule has 0 spiro atoms. The lowest BCUT2D eigenvalue weighted by molar-refractivity contribution is -0.124. The SMILES string of the molecule is CCCCCCCCCCCCCCOCC(CNC(=O)C(CCCCNC(=O)OC(C)(C)C)NCc1ccc(-c2ccccc2)cc1)OCCCCCCCCCCCCCC. The quantitative estimate of drug-likeness (QED) is 0.0576. The number of ether oxygens (including phenoxy) is 3. The van der Waals surface area contributed by atoms with Crippen LogP contribution in [-0.4, -0.2) is 62.7 Å². The van der Waals surface area contributed by atoms with Gasteiger partial charge in [-0.05, 0) is 69.6 Å². The van der Waals surface area contributed by atoms with Gasteiger partial charge < -0.3 is 30.2 Å². The molecule has 0 saturated heterocycles. The minimum Gasteiger partial charge on any atom is -0.444 e. The molecule has 3 N–H and O–H groups in total. The number of benzene rings is 2. The summed E-state index contributed by atoms with van der Waals surface area (Å²) in [6.45, 7) is 13.5. The number of carbonyl (C=O) groups is 2. The van der Waals surface area contributed by atoms with E-state index >= 15 is 0 Å². The van der Waals surface area contributed by atoms with Crippen LogP contribution >= 0.6 is 0 Å². The van der Waals surface area contributed by atoms with Crippen molar-refractivity contribution in [1.29, 1.82) is 0 Å². The molecule has 0 aliphatic rings. The highest BCUT2D eigenvalue weighted by Crippen LogP contribution is 2.20. The first-order valence-electron chi connectivity index (χ1n) is 26.0. The van der Waals surface area contributed by atoms with Gasteiger partial charge in [0.15, 0.2) is 0 Å². The maximum atomic E-state index is 13.9. The lowest BCUT2D eigenvalue weighted by atomic mass is 10.0. The van der Waals surface area contributed by atoms with E-state index in [-0.39, 0.29) is 18.1 Å². The summed E-state index contributed by atoms with van der Waals surface area (Å²) in [5, 5.41) is 9.63. The number of hydrogen-bond acceptors (Lipinski definition) is 6. The zero-order chi connectivity index (χ0) is 45.5. The van der Waals surface area contributed by atoms with Crippen molar-refractivity contribution >= 4 is 12.0 Å². The van der Waals surface area contributed by atoms with Crippen LogP contribution in [0.15, 0.2) is 54.6 Å². The van der Waals surface area contributed by atoms with Crippen LogP contribution in [0, 0.1) is 0 Å². The van der Waals surface area contributed by atoms with Crippen molar-refractivity contribution < 1.29 is 23.8 Å². The highest BCUT2D eigenvalue weighted by Gasteiger charge is 2.21. The molecule has 360 valence electrons. The molecule has 2 atom stereocenters. The fraction of sp³-hybridized carbons (Fsp3) is 0.745. The van der Waals surface area contributed by atoms with Crippen molar-refractivity contribution in [3.05, 3.63) is 60.2 Å². The number of nitrogens with one attached hydrogen (secondary N) is 3. The first-order valence-corrected chi connectivity index (χ1v) is 26.0. The lowest BCUT2D eigenvalue weighted by Crippen LogP contribution is -2.47.